The summed E-state index contributed by atoms with van der Waals surface area (Å²) in [7, 11) is 0. The minimum absolute atomic E-state index is 0.148. The average molecular weight is 289 g/mol. The second-order valence-corrected chi connectivity index (χ2v) is 5.05. The third kappa shape index (κ3) is 2.50. The number of aliphatic hydroxyl groups is 1. The number of ether oxygens (including phenoxy) is 1. The number of nitrogens with zero attached hydrogens (tertiary/aromatic N) is 1. The van der Waals surface area contributed by atoms with E-state index < -0.39 is 0 Å². The predicted octanol–water partition coefficient (Wildman–Crippen LogP) is 1.81. The predicted molar refractivity (Wildman–Crippen MR) is 76.6 cm³/mol. The van der Waals surface area contributed by atoms with Gasteiger partial charge in [-0.05, 0) is 17.5 Å². The van der Waals surface area contributed by atoms with Gasteiger partial charge in [0.05, 0.1) is 25.9 Å². The van der Waals surface area contributed by atoms with Crippen molar-refractivity contribution >= 4 is 16.7 Å². The quantitative estimate of drug-likeness (QED) is 0.917. The highest BCUT2D eigenvalue weighted by Crippen LogP contribution is 2.24. The molecule has 1 aliphatic heterocycles. The van der Waals surface area contributed by atoms with Crippen LogP contribution in [0.1, 0.15) is 10.4 Å². The molecule has 5 heteroatoms. The lowest BCUT2D eigenvalue weighted by Crippen LogP contribution is -2.50. The summed E-state index contributed by atoms with van der Waals surface area (Å²) >= 11 is 0. The number of hydrogen-bond donors (Lipinski definition) is 1. The molecule has 1 heterocycles. The fraction of sp³-hybridized carbons (Fsp3) is 0.312. The number of carbonyl (C=O) groups is 1. The normalized spacial score (nSPS) is 19.0. The fourth-order valence-corrected chi connectivity index (χ4v) is 2.68. The molecule has 110 valence electrons. The molecule has 0 spiro atoms. The largest absolute Gasteiger partial charge is 0.394 e. The minimum Gasteiger partial charge on any atom is -0.394 e. The Balaban J connectivity index is 2.03. The molecule has 0 saturated carbocycles. The van der Waals surface area contributed by atoms with Gasteiger partial charge in [-0.25, -0.2) is 4.39 Å². The maximum atomic E-state index is 13.8. The third-order valence-electron chi connectivity index (χ3n) is 3.80. The number of hydrogen-bond acceptors (Lipinski definition) is 3. The second kappa shape index (κ2) is 5.79. The monoisotopic (exact) mass is 289 g/mol. The summed E-state index contributed by atoms with van der Waals surface area (Å²) in [6, 6.07) is 9.37. The van der Waals surface area contributed by atoms with Crippen LogP contribution >= 0.6 is 0 Å². The highest BCUT2D eigenvalue weighted by Gasteiger charge is 2.28. The average Bonchev–Trinajstić information content (AvgIpc) is 2.55. The van der Waals surface area contributed by atoms with Crippen LogP contribution in [0.4, 0.5) is 4.39 Å². The number of rotatable bonds is 2. The number of morpholine rings is 1. The Kier molecular flexibility index (Phi) is 3.86. The zero-order valence-corrected chi connectivity index (χ0v) is 11.5. The van der Waals surface area contributed by atoms with Gasteiger partial charge in [-0.3, -0.25) is 4.79 Å². The van der Waals surface area contributed by atoms with Crippen LogP contribution in [0.15, 0.2) is 36.4 Å². The highest BCUT2D eigenvalue weighted by atomic mass is 19.1. The first kappa shape index (κ1) is 14.0. The van der Waals surface area contributed by atoms with Gasteiger partial charge in [-0.15, -0.1) is 0 Å². The van der Waals surface area contributed by atoms with E-state index in [4.69, 9.17) is 4.74 Å². The van der Waals surface area contributed by atoms with Crippen molar-refractivity contribution in [3.8, 4) is 0 Å². The van der Waals surface area contributed by atoms with Gasteiger partial charge in [-0.2, -0.15) is 0 Å². The van der Waals surface area contributed by atoms with E-state index in [1.165, 1.54) is 12.1 Å². The van der Waals surface area contributed by atoms with Crippen molar-refractivity contribution in [2.45, 2.75) is 6.04 Å². The molecule has 1 amide bonds. The Morgan fingerprint density at radius 1 is 1.29 bits per heavy atom. The number of halogens is 1. The molecule has 1 N–H and O–H groups in total. The van der Waals surface area contributed by atoms with Gasteiger partial charge in [0.15, 0.2) is 0 Å². The molecule has 2 aromatic carbocycles. The minimum atomic E-state index is -0.352. The van der Waals surface area contributed by atoms with Crippen LogP contribution in [0.25, 0.3) is 10.8 Å². The first-order chi connectivity index (χ1) is 10.2. The van der Waals surface area contributed by atoms with Gasteiger partial charge in [0.1, 0.15) is 5.82 Å². The van der Waals surface area contributed by atoms with Crippen molar-refractivity contribution in [1.29, 1.82) is 0 Å². The molecule has 1 atom stereocenters. The van der Waals surface area contributed by atoms with E-state index in [0.29, 0.717) is 36.1 Å². The van der Waals surface area contributed by atoms with Crippen LogP contribution < -0.4 is 0 Å². The molecule has 0 radical (unpaired) electrons. The summed E-state index contributed by atoms with van der Waals surface area (Å²) in [6.45, 7) is 1.05. The van der Waals surface area contributed by atoms with E-state index in [9.17, 15) is 14.3 Å². The highest BCUT2D eigenvalue weighted by molar-refractivity contribution is 6.07. The molecule has 0 aliphatic carbocycles. The Hall–Kier alpha value is -1.98. The smallest absolute Gasteiger partial charge is 0.254 e. The van der Waals surface area contributed by atoms with Crippen LogP contribution in [0.5, 0.6) is 0 Å². The Bertz CT molecular complexity index is 674. The van der Waals surface area contributed by atoms with Crippen molar-refractivity contribution in [1.82, 2.24) is 4.90 Å². The van der Waals surface area contributed by atoms with E-state index >= 15 is 0 Å². The molecule has 2 aromatic rings. The van der Waals surface area contributed by atoms with Crippen LogP contribution in [0, 0.1) is 5.82 Å². The SMILES string of the molecule is O=C(c1ccc(F)c2ccccc12)N1CCOCC1CO. The maximum Gasteiger partial charge on any atom is 0.254 e. The number of fused-ring (bicyclic) bond motifs is 1. The molecule has 0 aromatic heterocycles. The van der Waals surface area contributed by atoms with Crippen LogP contribution in [0.2, 0.25) is 0 Å². The van der Waals surface area contributed by atoms with Gasteiger partial charge in [0, 0.05) is 17.5 Å². The summed E-state index contributed by atoms with van der Waals surface area (Å²) < 4.78 is 19.1. The number of benzene rings is 2. The van der Waals surface area contributed by atoms with Crippen LogP contribution in [-0.2, 0) is 4.74 Å². The number of aliphatic hydroxyl groups excluding tert-OH is 1. The first-order valence-electron chi connectivity index (χ1n) is 6.89. The Morgan fingerprint density at radius 2 is 2.05 bits per heavy atom. The van der Waals surface area contributed by atoms with Gasteiger partial charge in [0.2, 0.25) is 0 Å². The number of amides is 1. The number of carbonyl (C=O) groups excluding carboxylic acids is 1. The molecule has 1 aliphatic rings. The molecule has 21 heavy (non-hydrogen) atoms. The second-order valence-electron chi connectivity index (χ2n) is 5.05. The summed E-state index contributed by atoms with van der Waals surface area (Å²) in [6.07, 6.45) is 0. The Labute approximate surface area is 121 Å². The van der Waals surface area contributed by atoms with Gasteiger partial charge in [0.25, 0.3) is 5.91 Å². The molecule has 1 fully saturated rings. The van der Waals surface area contributed by atoms with Crippen molar-refractivity contribution in [2.75, 3.05) is 26.4 Å². The molecular formula is C16H16FNO3. The van der Waals surface area contributed by atoms with Crippen LogP contribution in [-0.4, -0.2) is 48.3 Å². The van der Waals surface area contributed by atoms with E-state index in [2.05, 4.69) is 0 Å². The first-order valence-corrected chi connectivity index (χ1v) is 6.89. The van der Waals surface area contributed by atoms with Gasteiger partial charge >= 0.3 is 0 Å². The van der Waals surface area contributed by atoms with E-state index in [-0.39, 0.29) is 24.4 Å². The van der Waals surface area contributed by atoms with Gasteiger partial charge < -0.3 is 14.7 Å². The lowest BCUT2D eigenvalue weighted by atomic mass is 10.0. The van der Waals surface area contributed by atoms with Crippen molar-refractivity contribution in [3.63, 3.8) is 0 Å². The standard InChI is InChI=1S/C16H16FNO3/c17-15-6-5-14(12-3-1-2-4-13(12)15)16(20)18-7-8-21-10-11(18)9-19/h1-6,11,19H,7-10H2. The summed E-state index contributed by atoms with van der Waals surface area (Å²) in [5.41, 5.74) is 0.451. The summed E-state index contributed by atoms with van der Waals surface area (Å²) in [5.74, 6) is -0.545. The molecule has 1 unspecified atom stereocenters. The topological polar surface area (TPSA) is 49.8 Å². The van der Waals surface area contributed by atoms with Gasteiger partial charge in [-0.1, -0.05) is 24.3 Å². The van der Waals surface area contributed by atoms with Crippen molar-refractivity contribution in [3.05, 3.63) is 47.8 Å². The molecule has 0 bridgehead atoms. The summed E-state index contributed by atoms with van der Waals surface area (Å²) in [5, 5.41) is 10.4. The summed E-state index contributed by atoms with van der Waals surface area (Å²) in [4.78, 5) is 14.3. The lowest BCUT2D eigenvalue weighted by molar-refractivity contribution is -0.0183. The molecule has 1 saturated heterocycles. The van der Waals surface area contributed by atoms with E-state index in [1.54, 1.807) is 29.2 Å². The van der Waals surface area contributed by atoms with Crippen molar-refractivity contribution in [2.24, 2.45) is 0 Å². The Morgan fingerprint density at radius 3 is 2.81 bits per heavy atom. The maximum absolute atomic E-state index is 13.8. The molecular weight excluding hydrogens is 273 g/mol. The molecule has 4 nitrogen and oxygen atoms in total. The fourth-order valence-electron chi connectivity index (χ4n) is 2.68. The van der Waals surface area contributed by atoms with E-state index in [1.807, 2.05) is 0 Å². The van der Waals surface area contributed by atoms with E-state index in [0.717, 1.165) is 0 Å². The van der Waals surface area contributed by atoms with Crippen molar-refractivity contribution < 1.29 is 19.0 Å². The molecule has 3 rings (SSSR count). The third-order valence-corrected chi connectivity index (χ3v) is 3.80. The zero-order chi connectivity index (χ0) is 14.8. The van der Waals surface area contributed by atoms with Crippen LogP contribution in [0.3, 0.4) is 0 Å². The zero-order valence-electron chi connectivity index (χ0n) is 11.5. The lowest BCUT2D eigenvalue weighted by Gasteiger charge is -2.34.